The van der Waals surface area contributed by atoms with Crippen LogP contribution in [0.2, 0.25) is 13.1 Å². The lowest BCUT2D eigenvalue weighted by molar-refractivity contribution is -0.320. The van der Waals surface area contributed by atoms with E-state index in [1.807, 2.05) is 34.6 Å². The van der Waals surface area contributed by atoms with E-state index >= 15 is 0 Å². The zero-order valence-corrected chi connectivity index (χ0v) is 17.6. The molecular formula is C13H34O5Si2. The van der Waals surface area contributed by atoms with Gasteiger partial charge in [-0.3, -0.25) is 0 Å². The third-order valence-electron chi connectivity index (χ3n) is 2.20. The van der Waals surface area contributed by atoms with Gasteiger partial charge in [0, 0.05) is 33.0 Å². The van der Waals surface area contributed by atoms with E-state index in [4.69, 9.17) is 23.1 Å². The molecule has 124 valence electrons. The minimum atomic E-state index is -1.70. The fourth-order valence-corrected chi connectivity index (χ4v) is 3.99. The Morgan fingerprint density at radius 1 is 0.700 bits per heavy atom. The van der Waals surface area contributed by atoms with Crippen LogP contribution in [0.3, 0.4) is 0 Å². The number of ether oxygens (including phenoxy) is 3. The van der Waals surface area contributed by atoms with Crippen molar-refractivity contribution in [2.24, 2.45) is 0 Å². The summed E-state index contributed by atoms with van der Waals surface area (Å²) in [5.74, 6) is 0. The summed E-state index contributed by atoms with van der Waals surface area (Å²) < 4.78 is 26.8. The Labute approximate surface area is 128 Å². The number of hydrogen-bond donors (Lipinski definition) is 0. The first kappa shape index (κ1) is 22.5. The van der Waals surface area contributed by atoms with Crippen LogP contribution in [0.5, 0.6) is 0 Å². The van der Waals surface area contributed by atoms with Gasteiger partial charge in [0.2, 0.25) is 5.60 Å². The van der Waals surface area contributed by atoms with Crippen LogP contribution in [0.1, 0.15) is 34.6 Å². The van der Waals surface area contributed by atoms with E-state index in [1.165, 1.54) is 0 Å². The summed E-state index contributed by atoms with van der Waals surface area (Å²) in [6.45, 7) is 17.3. The van der Waals surface area contributed by atoms with Crippen molar-refractivity contribution >= 4 is 18.8 Å². The maximum absolute atomic E-state index is 5.39. The van der Waals surface area contributed by atoms with E-state index in [0.29, 0.717) is 19.8 Å². The van der Waals surface area contributed by atoms with Crippen LogP contribution < -0.4 is 0 Å². The zero-order chi connectivity index (χ0) is 16.1. The van der Waals surface area contributed by atoms with Crippen LogP contribution in [0, 0.1) is 0 Å². The van der Waals surface area contributed by atoms with Crippen molar-refractivity contribution in [1.29, 1.82) is 0 Å². The minimum absolute atomic E-state index is 0.628. The first-order chi connectivity index (χ1) is 9.30. The Balaban J connectivity index is 0. The van der Waals surface area contributed by atoms with E-state index in [9.17, 15) is 0 Å². The van der Waals surface area contributed by atoms with E-state index in [0.717, 1.165) is 23.5 Å². The fourth-order valence-electron chi connectivity index (χ4n) is 1.65. The summed E-state index contributed by atoms with van der Waals surface area (Å²) >= 11 is 0. The SMILES string of the molecule is CCOC([SiH3])(OCC)OCC.CCO[Si](C)(C)OCC. The van der Waals surface area contributed by atoms with Crippen molar-refractivity contribution in [3.63, 3.8) is 0 Å². The Bertz CT molecular complexity index is 190. The maximum Gasteiger partial charge on any atom is 0.331 e. The summed E-state index contributed by atoms with van der Waals surface area (Å²) in [6, 6.07) is 0. The molecule has 0 bridgehead atoms. The molecule has 0 aromatic rings. The second-order valence-electron chi connectivity index (χ2n) is 4.43. The second kappa shape index (κ2) is 12.9. The molecule has 0 fully saturated rings. The Hall–Kier alpha value is 0.234. The molecule has 0 rings (SSSR count). The highest BCUT2D eigenvalue weighted by atomic mass is 28.4. The van der Waals surface area contributed by atoms with Crippen LogP contribution >= 0.6 is 0 Å². The van der Waals surface area contributed by atoms with Crippen LogP contribution in [0.25, 0.3) is 0 Å². The van der Waals surface area contributed by atoms with Crippen LogP contribution in [-0.4, -0.2) is 57.4 Å². The summed E-state index contributed by atoms with van der Waals surface area (Å²) in [5.41, 5.74) is -0.710. The van der Waals surface area contributed by atoms with Crippen molar-refractivity contribution in [1.82, 2.24) is 0 Å². The molecule has 0 spiro atoms. The average Bonchev–Trinajstić information content (AvgIpc) is 2.30. The van der Waals surface area contributed by atoms with Gasteiger partial charge < -0.3 is 23.1 Å². The van der Waals surface area contributed by atoms with Gasteiger partial charge in [0.1, 0.15) is 10.2 Å². The van der Waals surface area contributed by atoms with Crippen molar-refractivity contribution in [2.45, 2.75) is 53.3 Å². The summed E-state index contributed by atoms with van der Waals surface area (Å²) in [5, 5.41) is 0. The molecule has 20 heavy (non-hydrogen) atoms. The highest BCUT2D eigenvalue weighted by Crippen LogP contribution is 2.09. The Morgan fingerprint density at radius 3 is 1.20 bits per heavy atom. The molecule has 0 atom stereocenters. The maximum atomic E-state index is 5.39. The first-order valence-electron chi connectivity index (χ1n) is 7.50. The smallest absolute Gasteiger partial charge is 0.331 e. The zero-order valence-electron chi connectivity index (χ0n) is 14.6. The molecule has 0 aliphatic rings. The molecule has 0 aromatic carbocycles. The topological polar surface area (TPSA) is 46.2 Å². The summed E-state index contributed by atoms with van der Waals surface area (Å²) in [6.07, 6.45) is 0. The minimum Gasteiger partial charge on any atom is -0.395 e. The molecule has 0 amide bonds. The van der Waals surface area contributed by atoms with E-state index < -0.39 is 14.2 Å². The van der Waals surface area contributed by atoms with E-state index in [2.05, 4.69) is 13.1 Å². The quantitative estimate of drug-likeness (QED) is 0.453. The van der Waals surface area contributed by atoms with Crippen LogP contribution in [0.15, 0.2) is 0 Å². The molecule has 0 heterocycles. The van der Waals surface area contributed by atoms with Gasteiger partial charge in [0.15, 0.2) is 0 Å². The molecule has 0 saturated carbocycles. The van der Waals surface area contributed by atoms with Gasteiger partial charge in [-0.05, 0) is 47.7 Å². The molecule has 5 nitrogen and oxygen atoms in total. The fraction of sp³-hybridized carbons (Fsp3) is 1.00. The lowest BCUT2D eigenvalue weighted by Gasteiger charge is -2.28. The van der Waals surface area contributed by atoms with Crippen molar-refractivity contribution in [2.75, 3.05) is 33.0 Å². The van der Waals surface area contributed by atoms with Crippen molar-refractivity contribution < 1.29 is 23.1 Å². The van der Waals surface area contributed by atoms with Crippen LogP contribution in [0.4, 0.5) is 0 Å². The van der Waals surface area contributed by atoms with Gasteiger partial charge in [-0.2, -0.15) is 0 Å². The molecule has 0 saturated heterocycles. The molecule has 0 radical (unpaired) electrons. The van der Waals surface area contributed by atoms with E-state index in [-0.39, 0.29) is 0 Å². The molecule has 0 aromatic heterocycles. The lowest BCUT2D eigenvalue weighted by atomic mass is 10.8. The molecule has 0 aliphatic heterocycles. The average molecular weight is 327 g/mol. The van der Waals surface area contributed by atoms with Gasteiger partial charge >= 0.3 is 8.56 Å². The van der Waals surface area contributed by atoms with Gasteiger partial charge in [0.05, 0.1) is 0 Å². The molecule has 0 N–H and O–H groups in total. The molecule has 0 aliphatic carbocycles. The Kier molecular flexibility index (Phi) is 14.6. The third-order valence-corrected chi connectivity index (χ3v) is 5.04. The van der Waals surface area contributed by atoms with E-state index in [1.54, 1.807) is 0 Å². The number of rotatable bonds is 10. The highest BCUT2D eigenvalue weighted by Gasteiger charge is 2.24. The second-order valence-corrected chi connectivity index (χ2v) is 9.03. The highest BCUT2D eigenvalue weighted by molar-refractivity contribution is 6.64. The largest absolute Gasteiger partial charge is 0.395 e. The Morgan fingerprint density at radius 2 is 1.00 bits per heavy atom. The monoisotopic (exact) mass is 326 g/mol. The summed E-state index contributed by atoms with van der Waals surface area (Å²) in [7, 11) is -0.973. The van der Waals surface area contributed by atoms with Crippen molar-refractivity contribution in [3.8, 4) is 0 Å². The van der Waals surface area contributed by atoms with Gasteiger partial charge in [-0.25, -0.2) is 0 Å². The summed E-state index contributed by atoms with van der Waals surface area (Å²) in [4.78, 5) is 0. The normalized spacial score (nSPS) is 12.2. The van der Waals surface area contributed by atoms with Crippen LogP contribution in [-0.2, 0) is 23.1 Å². The molecular weight excluding hydrogens is 292 g/mol. The standard InChI is InChI=1S/C7H18O3Si.C6H16O2Si/c1-4-8-7(11,9-5-2)10-6-3;1-5-7-9(3,4)8-6-2/h4-6H2,1-3,11H3;5-6H2,1-4H3. The lowest BCUT2D eigenvalue weighted by Crippen LogP contribution is -2.39. The van der Waals surface area contributed by atoms with Gasteiger partial charge in [-0.15, -0.1) is 0 Å². The predicted octanol–water partition coefficient (Wildman–Crippen LogP) is 1.83. The van der Waals surface area contributed by atoms with Gasteiger partial charge in [0.25, 0.3) is 0 Å². The van der Waals surface area contributed by atoms with Crippen molar-refractivity contribution in [3.05, 3.63) is 0 Å². The number of hydrogen-bond acceptors (Lipinski definition) is 5. The van der Waals surface area contributed by atoms with Gasteiger partial charge in [-0.1, -0.05) is 0 Å². The molecule has 7 heteroatoms. The predicted molar refractivity (Wildman–Crippen MR) is 88.3 cm³/mol. The molecule has 0 unspecified atom stereocenters. The first-order valence-corrected chi connectivity index (χ1v) is 11.3. The third kappa shape index (κ3) is 13.2.